The third kappa shape index (κ3) is 5.93. The maximum absolute atomic E-state index is 12.9. The van der Waals surface area contributed by atoms with Gasteiger partial charge in [0.2, 0.25) is 0 Å². The fourth-order valence-electron chi connectivity index (χ4n) is 6.50. The van der Waals surface area contributed by atoms with E-state index in [2.05, 4.69) is 24.3 Å². The first-order valence-electron chi connectivity index (χ1n) is 16.0. The first-order chi connectivity index (χ1) is 22.7. The number of fused-ring (bicyclic) bond motifs is 2. The molecule has 0 spiro atoms. The summed E-state index contributed by atoms with van der Waals surface area (Å²) in [6, 6.07) is 20.2. The zero-order valence-corrected chi connectivity index (χ0v) is 27.5. The van der Waals surface area contributed by atoms with Crippen molar-refractivity contribution >= 4 is 17.1 Å². The highest BCUT2D eigenvalue weighted by Crippen LogP contribution is 2.40. The van der Waals surface area contributed by atoms with E-state index < -0.39 is 5.60 Å². The lowest BCUT2D eigenvalue weighted by Gasteiger charge is -2.28. The number of hydrogen-bond donors (Lipinski definition) is 0. The second-order valence-electron chi connectivity index (χ2n) is 13.0. The van der Waals surface area contributed by atoms with Gasteiger partial charge in [-0.15, -0.1) is 0 Å². The van der Waals surface area contributed by atoms with Crippen molar-refractivity contribution in [1.82, 2.24) is 24.6 Å². The van der Waals surface area contributed by atoms with Crippen LogP contribution in [0.25, 0.3) is 33.5 Å². The highest BCUT2D eigenvalue weighted by molar-refractivity contribution is 5.93. The molecule has 1 unspecified atom stereocenters. The van der Waals surface area contributed by atoms with Crippen LogP contribution in [0.4, 0.5) is 4.79 Å². The molecule has 1 atom stereocenters. The first kappa shape index (κ1) is 30.5. The molecule has 0 saturated heterocycles. The molecule has 0 fully saturated rings. The first-order valence-corrected chi connectivity index (χ1v) is 16.0. The van der Waals surface area contributed by atoms with E-state index in [1.54, 1.807) is 19.1 Å². The van der Waals surface area contributed by atoms with Crippen LogP contribution in [0.15, 0.2) is 79.0 Å². The highest BCUT2D eigenvalue weighted by atomic mass is 16.6. The smallest absolute Gasteiger partial charge is 0.411 e. The van der Waals surface area contributed by atoms with Crippen LogP contribution in [0.3, 0.4) is 0 Å². The largest absolute Gasteiger partial charge is 0.497 e. The summed E-state index contributed by atoms with van der Waals surface area (Å²) in [5.41, 5.74) is 9.10. The minimum atomic E-state index is -0.582. The van der Waals surface area contributed by atoms with Gasteiger partial charge in [-0.05, 0) is 81.0 Å². The van der Waals surface area contributed by atoms with Gasteiger partial charge >= 0.3 is 6.09 Å². The van der Waals surface area contributed by atoms with Crippen molar-refractivity contribution in [1.29, 1.82) is 0 Å². The summed E-state index contributed by atoms with van der Waals surface area (Å²) in [4.78, 5) is 24.7. The number of carbonyl (C=O) groups is 1. The molecule has 0 N–H and O–H groups in total. The number of hydrogen-bond acceptors (Lipinski definition) is 7. The van der Waals surface area contributed by atoms with Gasteiger partial charge in [0.05, 0.1) is 38.0 Å². The molecule has 5 aromatic rings. The van der Waals surface area contributed by atoms with Crippen LogP contribution in [0.5, 0.6) is 11.5 Å². The van der Waals surface area contributed by atoms with Gasteiger partial charge in [-0.1, -0.05) is 42.5 Å². The zero-order chi connectivity index (χ0) is 32.7. The van der Waals surface area contributed by atoms with Crippen LogP contribution in [-0.2, 0) is 24.1 Å². The van der Waals surface area contributed by atoms with Gasteiger partial charge in [-0.3, -0.25) is 14.6 Å². The van der Waals surface area contributed by atoms with Crippen molar-refractivity contribution in [3.8, 4) is 34.0 Å². The molecule has 1 aliphatic heterocycles. The Balaban J connectivity index is 1.31. The predicted octanol–water partition coefficient (Wildman–Crippen LogP) is 7.56. The number of methoxy groups -OCH3 is 2. The number of pyridine rings is 2. The van der Waals surface area contributed by atoms with Crippen LogP contribution in [-0.4, -0.2) is 57.1 Å². The molecular formula is C38H39N5O4. The monoisotopic (exact) mass is 629 g/mol. The van der Waals surface area contributed by atoms with Gasteiger partial charge in [-0.2, -0.15) is 5.10 Å². The van der Waals surface area contributed by atoms with Crippen molar-refractivity contribution in [2.75, 3.05) is 20.8 Å². The van der Waals surface area contributed by atoms with E-state index in [4.69, 9.17) is 29.3 Å². The Hall–Kier alpha value is -5.18. The maximum atomic E-state index is 12.9. The third-order valence-electron chi connectivity index (χ3n) is 8.75. The molecule has 2 aliphatic rings. The molecule has 1 amide bonds. The number of aromatic nitrogens is 4. The Morgan fingerprint density at radius 1 is 0.979 bits per heavy atom. The summed E-state index contributed by atoms with van der Waals surface area (Å²) >= 11 is 0. The van der Waals surface area contributed by atoms with Gasteiger partial charge in [0.25, 0.3) is 0 Å². The summed E-state index contributed by atoms with van der Waals surface area (Å²) in [7, 11) is 3.36. The number of benzene rings is 2. The topological polar surface area (TPSA) is 91.6 Å². The van der Waals surface area contributed by atoms with Gasteiger partial charge in [0.1, 0.15) is 34.0 Å². The third-order valence-corrected chi connectivity index (χ3v) is 8.75. The molecule has 9 heteroatoms. The molecule has 4 heterocycles. The minimum Gasteiger partial charge on any atom is -0.497 e. The second-order valence-corrected chi connectivity index (χ2v) is 13.0. The molecule has 47 heavy (non-hydrogen) atoms. The van der Waals surface area contributed by atoms with Crippen molar-refractivity contribution in [2.24, 2.45) is 0 Å². The van der Waals surface area contributed by atoms with E-state index in [9.17, 15) is 4.79 Å². The van der Waals surface area contributed by atoms with E-state index in [1.165, 1.54) is 11.1 Å². The molecule has 0 saturated carbocycles. The SMILES string of the molecule is COc1ccc(Cn2nc(-c3ccc(C4C=CCN4C(=O)OC(C)(C)C)nc3)c3nc(-c4cccc5c4CCC5)c(OC)cc32)cc1. The fraction of sp³-hybridized carbons (Fsp3) is 0.316. The highest BCUT2D eigenvalue weighted by Gasteiger charge is 2.31. The molecular weight excluding hydrogens is 590 g/mol. The number of rotatable bonds is 7. The number of amides is 1. The van der Waals surface area contributed by atoms with Gasteiger partial charge < -0.3 is 14.2 Å². The van der Waals surface area contributed by atoms with Crippen LogP contribution in [0.1, 0.15) is 55.6 Å². The Morgan fingerprint density at radius 2 is 1.81 bits per heavy atom. The molecule has 240 valence electrons. The van der Waals surface area contributed by atoms with E-state index in [0.29, 0.717) is 18.8 Å². The number of carbonyl (C=O) groups excluding carboxylic acids is 1. The molecule has 2 aromatic carbocycles. The summed E-state index contributed by atoms with van der Waals surface area (Å²) in [5, 5.41) is 5.12. The molecule has 9 nitrogen and oxygen atoms in total. The fourth-order valence-corrected chi connectivity index (χ4v) is 6.50. The van der Waals surface area contributed by atoms with Crippen LogP contribution in [0.2, 0.25) is 0 Å². The number of nitrogens with zero attached hydrogens (tertiary/aromatic N) is 5. The Labute approximate surface area is 274 Å². The van der Waals surface area contributed by atoms with Crippen molar-refractivity contribution in [3.63, 3.8) is 0 Å². The lowest BCUT2D eigenvalue weighted by Crippen LogP contribution is -2.37. The molecule has 7 rings (SSSR count). The minimum absolute atomic E-state index is 0.308. The lowest BCUT2D eigenvalue weighted by molar-refractivity contribution is 0.0238. The summed E-state index contributed by atoms with van der Waals surface area (Å²) in [6.45, 7) is 6.62. The average Bonchev–Trinajstić information content (AvgIpc) is 3.83. The van der Waals surface area contributed by atoms with E-state index in [1.807, 2.05) is 80.2 Å². The maximum Gasteiger partial charge on any atom is 0.411 e. The standard InChI is InChI=1S/C38H39N5O4/c1-38(2,3)47-37(44)42-20-8-13-31(42)30-19-16-26(22-39-30)34-36-32(43(41-34)23-24-14-17-27(45-4)18-15-24)21-33(46-5)35(40-36)29-12-7-10-25-9-6-11-28(25)29/h7-8,10,12-19,21-22,31H,6,9,11,20,23H2,1-5H3. The van der Waals surface area contributed by atoms with Crippen molar-refractivity contribution in [2.45, 2.75) is 58.2 Å². The zero-order valence-electron chi connectivity index (χ0n) is 27.5. The van der Waals surface area contributed by atoms with Gasteiger partial charge in [0.15, 0.2) is 0 Å². The molecule has 0 radical (unpaired) electrons. The van der Waals surface area contributed by atoms with Gasteiger partial charge in [0, 0.05) is 29.9 Å². The van der Waals surface area contributed by atoms with Crippen molar-refractivity contribution in [3.05, 3.63) is 101 Å². The van der Waals surface area contributed by atoms with E-state index >= 15 is 0 Å². The lowest BCUT2D eigenvalue weighted by atomic mass is 9.99. The molecule has 1 aliphatic carbocycles. The summed E-state index contributed by atoms with van der Waals surface area (Å²) < 4.78 is 19.0. The number of ether oxygens (including phenoxy) is 3. The predicted molar refractivity (Wildman–Crippen MR) is 182 cm³/mol. The van der Waals surface area contributed by atoms with Crippen LogP contribution < -0.4 is 9.47 Å². The average molecular weight is 630 g/mol. The second kappa shape index (κ2) is 12.2. The van der Waals surface area contributed by atoms with E-state index in [0.717, 1.165) is 69.8 Å². The van der Waals surface area contributed by atoms with E-state index in [-0.39, 0.29) is 12.1 Å². The van der Waals surface area contributed by atoms with Crippen LogP contribution >= 0.6 is 0 Å². The van der Waals surface area contributed by atoms with Crippen molar-refractivity contribution < 1.29 is 19.0 Å². The number of aryl methyl sites for hydroxylation is 1. The summed E-state index contributed by atoms with van der Waals surface area (Å²) in [6.07, 6.45) is 8.67. The molecule has 0 bridgehead atoms. The van der Waals surface area contributed by atoms with Crippen LogP contribution in [0, 0.1) is 0 Å². The summed E-state index contributed by atoms with van der Waals surface area (Å²) in [5.74, 6) is 1.51. The Kier molecular flexibility index (Phi) is 7.91. The normalized spacial score (nSPS) is 15.7. The Morgan fingerprint density at radius 3 is 2.53 bits per heavy atom. The quantitative estimate of drug-likeness (QED) is 0.172. The molecule has 3 aromatic heterocycles. The Bertz CT molecular complexity index is 1970. The van der Waals surface area contributed by atoms with Gasteiger partial charge in [-0.25, -0.2) is 9.78 Å².